The summed E-state index contributed by atoms with van der Waals surface area (Å²) in [6, 6.07) is 25.4. The van der Waals surface area contributed by atoms with E-state index in [0.717, 1.165) is 30.1 Å². The van der Waals surface area contributed by atoms with Gasteiger partial charge in [0.1, 0.15) is 0 Å². The Morgan fingerprint density at radius 2 is 1.68 bits per heavy atom. The van der Waals surface area contributed by atoms with Crippen molar-refractivity contribution in [3.8, 4) is 0 Å². The Morgan fingerprint density at radius 3 is 2.32 bits per heavy atom. The van der Waals surface area contributed by atoms with Gasteiger partial charge in [0, 0.05) is 43.3 Å². The molecular weight excluding hydrogens is 438 g/mol. The van der Waals surface area contributed by atoms with Crippen molar-refractivity contribution in [3.63, 3.8) is 0 Å². The zero-order valence-electron chi connectivity index (χ0n) is 20.5. The molecule has 34 heavy (non-hydrogen) atoms. The van der Waals surface area contributed by atoms with Crippen molar-refractivity contribution in [2.75, 3.05) is 38.3 Å². The average Bonchev–Trinajstić information content (AvgIpc) is 2.88. The maximum Gasteiger partial charge on any atom is 0.251 e. The summed E-state index contributed by atoms with van der Waals surface area (Å²) in [5.74, 6) is 0.562. The lowest BCUT2D eigenvalue weighted by Gasteiger charge is -2.32. The number of hydrogen-bond donors (Lipinski definition) is 1. The van der Waals surface area contributed by atoms with E-state index in [1.165, 1.54) is 29.7 Å². The number of benzene rings is 3. The lowest BCUT2D eigenvalue weighted by Crippen LogP contribution is -2.32. The van der Waals surface area contributed by atoms with Crippen LogP contribution in [0, 0.1) is 0 Å². The Kier molecular flexibility index (Phi) is 8.30. The van der Waals surface area contributed by atoms with Crippen molar-refractivity contribution in [2.45, 2.75) is 36.7 Å². The molecule has 1 aliphatic rings. The SMILES string of the molecule is CSc1ccc(C(=O)NCc2cccc(C3CCN(Cc4ccc(N(C)C)cc4)CC3)c2)cc1. The number of piperidine rings is 1. The number of nitrogens with one attached hydrogen (secondary N) is 1. The highest BCUT2D eigenvalue weighted by Gasteiger charge is 2.21. The van der Waals surface area contributed by atoms with Gasteiger partial charge in [0.05, 0.1) is 0 Å². The molecule has 4 nitrogen and oxygen atoms in total. The van der Waals surface area contributed by atoms with Crippen LogP contribution in [0.1, 0.15) is 45.8 Å². The third kappa shape index (κ3) is 6.43. The molecule has 0 saturated carbocycles. The van der Waals surface area contributed by atoms with Gasteiger partial charge < -0.3 is 10.2 Å². The average molecular weight is 474 g/mol. The summed E-state index contributed by atoms with van der Waals surface area (Å²) in [4.78, 5) is 18.4. The molecule has 1 fully saturated rings. The number of rotatable bonds is 8. The lowest BCUT2D eigenvalue weighted by molar-refractivity contribution is 0.0951. The molecule has 3 aromatic rings. The van der Waals surface area contributed by atoms with Crippen molar-refractivity contribution in [1.29, 1.82) is 0 Å². The first-order valence-corrected chi connectivity index (χ1v) is 13.2. The molecule has 0 aromatic heterocycles. The minimum Gasteiger partial charge on any atom is -0.378 e. The predicted octanol–water partition coefficient (Wildman–Crippen LogP) is 5.78. The number of amides is 1. The fraction of sp³-hybridized carbons (Fsp3) is 0.345. The molecular formula is C29H35N3OS. The van der Waals surface area contributed by atoms with Crippen molar-refractivity contribution in [2.24, 2.45) is 0 Å². The van der Waals surface area contributed by atoms with Gasteiger partial charge >= 0.3 is 0 Å². The Hall–Kier alpha value is -2.76. The normalized spacial score (nSPS) is 14.7. The molecule has 0 radical (unpaired) electrons. The molecule has 1 saturated heterocycles. The number of hydrogen-bond acceptors (Lipinski definition) is 4. The lowest BCUT2D eigenvalue weighted by atomic mass is 9.88. The second kappa shape index (κ2) is 11.6. The van der Waals surface area contributed by atoms with Gasteiger partial charge in [0.15, 0.2) is 0 Å². The van der Waals surface area contributed by atoms with Crippen LogP contribution in [0.5, 0.6) is 0 Å². The smallest absolute Gasteiger partial charge is 0.251 e. The van der Waals surface area contributed by atoms with E-state index in [4.69, 9.17) is 0 Å². The monoisotopic (exact) mass is 473 g/mol. The summed E-state index contributed by atoms with van der Waals surface area (Å²) in [6.07, 6.45) is 4.39. The van der Waals surface area contributed by atoms with E-state index in [0.29, 0.717) is 18.0 Å². The molecule has 1 aliphatic heterocycles. The molecule has 0 aliphatic carbocycles. The van der Waals surface area contributed by atoms with Gasteiger partial charge in [-0.3, -0.25) is 9.69 Å². The Morgan fingerprint density at radius 1 is 0.971 bits per heavy atom. The van der Waals surface area contributed by atoms with Crippen LogP contribution in [0.2, 0.25) is 0 Å². The standard InChI is InChI=1S/C29H35N3OS/c1-31(2)27-11-7-22(8-12-27)21-32-17-15-24(16-18-32)26-6-4-5-23(19-26)20-30-29(33)25-9-13-28(34-3)14-10-25/h4-14,19,24H,15-18,20-21H2,1-3H3,(H,30,33). The van der Waals surface area contributed by atoms with Crippen molar-refractivity contribution in [3.05, 3.63) is 95.1 Å². The minimum absolute atomic E-state index is 0.0232. The number of nitrogens with zero attached hydrogens (tertiary/aromatic N) is 2. The second-order valence-electron chi connectivity index (χ2n) is 9.27. The third-order valence-electron chi connectivity index (χ3n) is 6.67. The highest BCUT2D eigenvalue weighted by molar-refractivity contribution is 7.98. The van der Waals surface area contributed by atoms with E-state index >= 15 is 0 Å². The van der Waals surface area contributed by atoms with Crippen LogP contribution in [0.15, 0.2) is 77.7 Å². The number of carbonyl (C=O) groups excluding carboxylic acids is 1. The zero-order valence-corrected chi connectivity index (χ0v) is 21.3. The Bertz CT molecular complexity index is 1070. The minimum atomic E-state index is -0.0232. The van der Waals surface area contributed by atoms with Crippen LogP contribution in [0.3, 0.4) is 0 Å². The maximum absolute atomic E-state index is 12.5. The van der Waals surface area contributed by atoms with Crippen LogP contribution in [-0.4, -0.2) is 44.2 Å². The molecule has 3 aromatic carbocycles. The van der Waals surface area contributed by atoms with Gasteiger partial charge in [-0.25, -0.2) is 0 Å². The van der Waals surface area contributed by atoms with Crippen LogP contribution in [0.25, 0.3) is 0 Å². The fourth-order valence-corrected chi connectivity index (χ4v) is 4.97. The van der Waals surface area contributed by atoms with Crippen LogP contribution in [-0.2, 0) is 13.1 Å². The second-order valence-corrected chi connectivity index (χ2v) is 10.1. The first-order valence-electron chi connectivity index (χ1n) is 12.0. The van der Waals surface area contributed by atoms with Gasteiger partial charge in [0.25, 0.3) is 5.91 Å². The molecule has 5 heteroatoms. The topological polar surface area (TPSA) is 35.6 Å². The van der Waals surface area contributed by atoms with E-state index in [1.807, 2.05) is 30.5 Å². The first kappa shape index (κ1) is 24.4. The molecule has 0 unspecified atom stereocenters. The number of thioether (sulfide) groups is 1. The van der Waals surface area contributed by atoms with E-state index in [-0.39, 0.29) is 5.91 Å². The number of anilines is 1. The van der Waals surface area contributed by atoms with Crippen LogP contribution >= 0.6 is 11.8 Å². The fourth-order valence-electron chi connectivity index (χ4n) is 4.57. The first-order chi connectivity index (χ1) is 16.5. The zero-order chi connectivity index (χ0) is 23.9. The number of likely N-dealkylation sites (tertiary alicyclic amines) is 1. The summed E-state index contributed by atoms with van der Waals surface area (Å²) in [6.45, 7) is 3.81. The van der Waals surface area contributed by atoms with Gasteiger partial charge in [-0.1, -0.05) is 36.4 Å². The molecule has 0 spiro atoms. The van der Waals surface area contributed by atoms with Crippen LogP contribution in [0.4, 0.5) is 5.69 Å². The highest BCUT2D eigenvalue weighted by Crippen LogP contribution is 2.29. The van der Waals surface area contributed by atoms with Gasteiger partial charge in [-0.2, -0.15) is 0 Å². The molecule has 1 amide bonds. The maximum atomic E-state index is 12.5. The summed E-state index contributed by atoms with van der Waals surface area (Å²) in [5.41, 5.74) is 5.88. The molecule has 178 valence electrons. The molecule has 1 N–H and O–H groups in total. The predicted molar refractivity (Wildman–Crippen MR) is 144 cm³/mol. The van der Waals surface area contributed by atoms with Gasteiger partial charge in [-0.15, -0.1) is 11.8 Å². The van der Waals surface area contributed by atoms with E-state index in [2.05, 4.69) is 77.7 Å². The van der Waals surface area contributed by atoms with Gasteiger partial charge in [0.2, 0.25) is 0 Å². The Labute approximate surface area is 208 Å². The van der Waals surface area contributed by atoms with E-state index in [1.54, 1.807) is 11.8 Å². The van der Waals surface area contributed by atoms with E-state index in [9.17, 15) is 4.79 Å². The van der Waals surface area contributed by atoms with E-state index < -0.39 is 0 Å². The third-order valence-corrected chi connectivity index (χ3v) is 7.42. The summed E-state index contributed by atoms with van der Waals surface area (Å²) >= 11 is 1.68. The summed E-state index contributed by atoms with van der Waals surface area (Å²) < 4.78 is 0. The quantitative estimate of drug-likeness (QED) is 0.421. The molecule has 1 heterocycles. The Balaban J connectivity index is 1.28. The number of carbonyl (C=O) groups is 1. The molecule has 4 rings (SSSR count). The largest absolute Gasteiger partial charge is 0.378 e. The summed E-state index contributed by atoms with van der Waals surface area (Å²) in [7, 11) is 4.15. The highest BCUT2D eigenvalue weighted by atomic mass is 32.2. The van der Waals surface area contributed by atoms with Gasteiger partial charge in [-0.05, 0) is 91.2 Å². The molecule has 0 atom stereocenters. The van der Waals surface area contributed by atoms with Crippen molar-refractivity contribution < 1.29 is 4.79 Å². The van der Waals surface area contributed by atoms with Crippen molar-refractivity contribution in [1.82, 2.24) is 10.2 Å². The van der Waals surface area contributed by atoms with Crippen LogP contribution < -0.4 is 10.2 Å². The molecule has 0 bridgehead atoms. The summed E-state index contributed by atoms with van der Waals surface area (Å²) in [5, 5.41) is 3.07. The van der Waals surface area contributed by atoms with Crippen molar-refractivity contribution >= 4 is 23.4 Å².